The monoisotopic (exact) mass is 542 g/mol. The zero-order valence-corrected chi connectivity index (χ0v) is 20.7. The zero-order valence-electron chi connectivity index (χ0n) is 19.9. The third-order valence-corrected chi connectivity index (χ3v) is 5.24. The van der Waals surface area contributed by atoms with Crippen LogP contribution in [-0.2, 0) is 30.4 Å². The summed E-state index contributed by atoms with van der Waals surface area (Å²) in [6.45, 7) is -3.16. The van der Waals surface area contributed by atoms with Gasteiger partial charge in [-0.05, 0) is 24.1 Å². The van der Waals surface area contributed by atoms with Gasteiger partial charge in [-0.3, -0.25) is 38.7 Å². The topological polar surface area (TPSA) is 208 Å². The van der Waals surface area contributed by atoms with Crippen LogP contribution in [0, 0.1) is 0 Å². The lowest BCUT2D eigenvalue weighted by Gasteiger charge is -2.34. The summed E-state index contributed by atoms with van der Waals surface area (Å²) >= 11 is 4.75. The van der Waals surface area contributed by atoms with Gasteiger partial charge in [0.2, 0.25) is 0 Å². The molecule has 0 aromatic heterocycles. The first-order chi connectivity index (χ1) is 17.4. The summed E-state index contributed by atoms with van der Waals surface area (Å²) in [5.74, 6) is -6.29. The largest absolute Gasteiger partial charge is 0.480 e. The number of carboxylic acids is 5. The van der Waals surface area contributed by atoms with Crippen molar-refractivity contribution in [3.8, 4) is 0 Å². The Kier molecular flexibility index (Phi) is 13.7. The maximum absolute atomic E-state index is 11.5. The molecule has 14 nitrogen and oxygen atoms in total. The second kappa shape index (κ2) is 16.2. The van der Waals surface area contributed by atoms with E-state index in [0.29, 0.717) is 11.3 Å². The van der Waals surface area contributed by atoms with E-state index in [9.17, 15) is 39.3 Å². The normalized spacial score (nSPS) is 11.9. The third-order valence-electron chi connectivity index (χ3n) is 5.12. The summed E-state index contributed by atoms with van der Waals surface area (Å²) in [6.07, 6.45) is 0.169. The van der Waals surface area contributed by atoms with Gasteiger partial charge in [-0.15, -0.1) is 0 Å². The maximum Gasteiger partial charge on any atom is 0.317 e. The molecule has 1 atom stereocenters. The Balaban J connectivity index is 3.21. The first-order valence-corrected chi connectivity index (χ1v) is 11.4. The van der Waals surface area contributed by atoms with Gasteiger partial charge in [-0.25, -0.2) is 0 Å². The van der Waals surface area contributed by atoms with Gasteiger partial charge in [0.25, 0.3) is 0 Å². The molecule has 6 N–H and O–H groups in total. The smallest absolute Gasteiger partial charge is 0.317 e. The number of carboxylic acid groups (broad SMARTS) is 5. The Morgan fingerprint density at radius 3 is 1.59 bits per heavy atom. The highest BCUT2D eigenvalue weighted by Gasteiger charge is 2.27. The summed E-state index contributed by atoms with van der Waals surface area (Å²) in [7, 11) is 0. The number of rotatable bonds is 20. The molecule has 0 fully saturated rings. The van der Waals surface area contributed by atoms with Crippen LogP contribution in [0.1, 0.15) is 5.56 Å². The maximum atomic E-state index is 11.5. The van der Waals surface area contributed by atoms with Gasteiger partial charge in [0.1, 0.15) is 0 Å². The molecule has 0 heterocycles. The van der Waals surface area contributed by atoms with Crippen molar-refractivity contribution >= 4 is 53.2 Å². The highest BCUT2D eigenvalue weighted by Crippen LogP contribution is 2.15. The second-order valence-electron chi connectivity index (χ2n) is 8.14. The average Bonchev–Trinajstić information content (AvgIpc) is 2.76. The number of hydrogen-bond acceptors (Lipinski definition) is 9. The van der Waals surface area contributed by atoms with Crippen LogP contribution in [-0.4, -0.2) is 134 Å². The fourth-order valence-corrected chi connectivity index (χ4v) is 3.79. The molecule has 204 valence electrons. The third kappa shape index (κ3) is 13.9. The highest BCUT2D eigenvalue weighted by molar-refractivity contribution is 7.79. The van der Waals surface area contributed by atoms with Crippen molar-refractivity contribution in [2.75, 3.05) is 57.7 Å². The molecule has 37 heavy (non-hydrogen) atoms. The molecule has 0 amide bonds. The molecule has 0 aliphatic carbocycles. The van der Waals surface area contributed by atoms with E-state index in [0.717, 1.165) is 4.90 Å². The van der Waals surface area contributed by atoms with Crippen LogP contribution >= 0.6 is 12.2 Å². The minimum atomic E-state index is -1.27. The molecule has 0 saturated carbocycles. The van der Waals surface area contributed by atoms with Gasteiger partial charge < -0.3 is 30.8 Å². The van der Waals surface area contributed by atoms with Gasteiger partial charge >= 0.3 is 29.8 Å². The molecular formula is C22H30N4O10S. The molecular weight excluding hydrogens is 512 g/mol. The molecule has 1 aromatic rings. The first kappa shape index (κ1) is 31.4. The van der Waals surface area contributed by atoms with E-state index in [1.54, 1.807) is 24.3 Å². The number of carbonyl (C=O) groups is 5. The number of anilines is 1. The van der Waals surface area contributed by atoms with Crippen LogP contribution in [0.15, 0.2) is 24.3 Å². The summed E-state index contributed by atoms with van der Waals surface area (Å²) in [4.78, 5) is 60.3. The van der Waals surface area contributed by atoms with Gasteiger partial charge in [0.15, 0.2) is 0 Å². The van der Waals surface area contributed by atoms with Crippen LogP contribution in [0.25, 0.3) is 0 Å². The molecule has 0 aliphatic rings. The summed E-state index contributed by atoms with van der Waals surface area (Å²) in [5, 5.41) is 49.0. The lowest BCUT2D eigenvalue weighted by atomic mass is 10.0. The molecule has 0 aliphatic heterocycles. The quantitative estimate of drug-likeness (QED) is 0.113. The number of hydrogen-bond donors (Lipinski definition) is 6. The number of nitrogens with one attached hydrogen (secondary N) is 1. The zero-order chi connectivity index (χ0) is 28.0. The fraction of sp³-hybridized carbons (Fsp3) is 0.455. The fourth-order valence-electron chi connectivity index (χ4n) is 3.65. The lowest BCUT2D eigenvalue weighted by Crippen LogP contribution is -2.51. The Morgan fingerprint density at radius 1 is 0.730 bits per heavy atom. The minimum Gasteiger partial charge on any atom is -0.480 e. The van der Waals surface area contributed by atoms with Gasteiger partial charge in [-0.2, -0.15) is 0 Å². The van der Waals surface area contributed by atoms with E-state index in [1.165, 1.54) is 15.3 Å². The minimum absolute atomic E-state index is 0.0606. The molecule has 0 radical (unpaired) electrons. The first-order valence-electron chi connectivity index (χ1n) is 11.0. The van der Waals surface area contributed by atoms with E-state index >= 15 is 0 Å². The Hall–Kier alpha value is -3.66. The van der Waals surface area contributed by atoms with Crippen LogP contribution < -0.4 is 5.32 Å². The second-order valence-corrected chi connectivity index (χ2v) is 8.37. The van der Waals surface area contributed by atoms with Gasteiger partial charge in [0.05, 0.1) is 38.2 Å². The van der Waals surface area contributed by atoms with Crippen LogP contribution in [0.4, 0.5) is 5.69 Å². The highest BCUT2D eigenvalue weighted by atomic mass is 32.1. The molecule has 15 heteroatoms. The van der Waals surface area contributed by atoms with Crippen molar-refractivity contribution in [2.45, 2.75) is 12.5 Å². The standard InChI is InChI=1S/C22H30N4O10S/c27-18(28)9-24(5-6-25(10-19(29)30)11-20(31)32)8-17(26(12-21(33)34)13-22(35)36)7-15-1-3-16(4-2-15)23-14-37/h1-4,14,17H,5-13H2,(H,23,37)(H,27,28)(H,29,30)(H,31,32)(H,33,34)(H,35,36). The molecule has 1 unspecified atom stereocenters. The van der Waals surface area contributed by atoms with Crippen molar-refractivity contribution in [1.29, 1.82) is 0 Å². The number of aliphatic carboxylic acids is 5. The number of thiocarbonyl (C=S) groups is 1. The summed E-state index contributed by atoms with van der Waals surface area (Å²) in [6, 6.07) is 6.15. The lowest BCUT2D eigenvalue weighted by molar-refractivity contribution is -0.144. The molecule has 0 saturated heterocycles. The number of nitrogens with zero attached hydrogens (tertiary/aromatic N) is 3. The van der Waals surface area contributed by atoms with Crippen molar-refractivity contribution in [2.24, 2.45) is 0 Å². The average molecular weight is 543 g/mol. The van der Waals surface area contributed by atoms with E-state index < -0.39 is 68.6 Å². The van der Waals surface area contributed by atoms with E-state index in [2.05, 4.69) is 5.32 Å². The van der Waals surface area contributed by atoms with Crippen molar-refractivity contribution < 1.29 is 49.5 Å². The van der Waals surface area contributed by atoms with Gasteiger partial charge in [0, 0.05) is 31.4 Å². The van der Waals surface area contributed by atoms with E-state index in [4.69, 9.17) is 22.4 Å². The van der Waals surface area contributed by atoms with Crippen molar-refractivity contribution in [3.05, 3.63) is 29.8 Å². The SMILES string of the molecule is O=C(O)CN(CCN(CC(=O)O)CC(Cc1ccc(NC=S)cc1)N(CC(=O)O)CC(=O)O)CC(=O)O. The Morgan fingerprint density at radius 2 is 1.16 bits per heavy atom. The van der Waals surface area contributed by atoms with Crippen molar-refractivity contribution in [3.63, 3.8) is 0 Å². The van der Waals surface area contributed by atoms with Gasteiger partial charge in [-0.1, -0.05) is 24.4 Å². The van der Waals surface area contributed by atoms with Crippen LogP contribution in [0.3, 0.4) is 0 Å². The van der Waals surface area contributed by atoms with E-state index in [1.807, 2.05) is 0 Å². The molecule has 0 bridgehead atoms. The molecule has 1 rings (SSSR count). The predicted octanol–water partition coefficient (Wildman–Crippen LogP) is -0.704. The Labute approximate surface area is 217 Å². The summed E-state index contributed by atoms with van der Waals surface area (Å²) < 4.78 is 0. The molecule has 0 spiro atoms. The van der Waals surface area contributed by atoms with Crippen LogP contribution in [0.2, 0.25) is 0 Å². The van der Waals surface area contributed by atoms with Crippen LogP contribution in [0.5, 0.6) is 0 Å². The molecule has 1 aromatic carbocycles. The number of benzene rings is 1. The Bertz CT molecular complexity index is 927. The summed E-state index contributed by atoms with van der Waals surface area (Å²) in [5.41, 5.74) is 2.74. The predicted molar refractivity (Wildman–Crippen MR) is 134 cm³/mol. The van der Waals surface area contributed by atoms with E-state index in [-0.39, 0.29) is 26.1 Å². The van der Waals surface area contributed by atoms with Crippen molar-refractivity contribution in [1.82, 2.24) is 14.7 Å².